The lowest BCUT2D eigenvalue weighted by molar-refractivity contribution is 0.0525. The fourth-order valence-corrected chi connectivity index (χ4v) is 2.84. The summed E-state index contributed by atoms with van der Waals surface area (Å²) in [4.78, 5) is 40.9. The number of anilines is 1. The van der Waals surface area contributed by atoms with Crippen molar-refractivity contribution in [1.29, 1.82) is 0 Å². The van der Waals surface area contributed by atoms with Crippen LogP contribution in [-0.2, 0) is 9.47 Å². The molecule has 0 atom stereocenters. The van der Waals surface area contributed by atoms with Crippen molar-refractivity contribution in [3.8, 4) is 0 Å². The van der Waals surface area contributed by atoms with Gasteiger partial charge >= 0.3 is 11.9 Å². The monoisotopic (exact) mass is 388 g/mol. The lowest BCUT2D eigenvalue weighted by Gasteiger charge is -2.11. The van der Waals surface area contributed by atoms with Gasteiger partial charge in [0, 0.05) is 11.9 Å². The Hall–Kier alpha value is -2.87. The summed E-state index contributed by atoms with van der Waals surface area (Å²) >= 11 is 1.34. The molecule has 2 aromatic rings. The van der Waals surface area contributed by atoms with Crippen molar-refractivity contribution in [2.75, 3.05) is 24.8 Å². The van der Waals surface area contributed by atoms with E-state index in [4.69, 9.17) is 9.47 Å². The molecule has 0 saturated heterocycles. The number of carbonyl (C=O) groups is 3. The summed E-state index contributed by atoms with van der Waals surface area (Å²) in [5.74, 6) is -1.58. The lowest BCUT2D eigenvalue weighted by atomic mass is 10.1. The predicted octanol–water partition coefficient (Wildman–Crippen LogP) is 3.41. The third kappa shape index (κ3) is 5.30. The van der Waals surface area contributed by atoms with E-state index in [1.807, 2.05) is 6.26 Å². The first-order valence-electron chi connectivity index (χ1n) is 8.29. The molecule has 142 valence electrons. The van der Waals surface area contributed by atoms with Crippen molar-refractivity contribution in [1.82, 2.24) is 4.98 Å². The molecule has 0 aliphatic heterocycles. The number of nitrogens with one attached hydrogen (secondary N) is 1. The standard InChI is InChI=1S/C19H20N2O5S/c1-4-25-18(23)12-9-13(19(24)26-5-2)11-14(10-12)21-16(22)15-7-6-8-20-17(15)27-3/h6-11H,4-5H2,1-3H3,(H,21,22). The van der Waals surface area contributed by atoms with E-state index in [1.54, 1.807) is 32.2 Å². The topological polar surface area (TPSA) is 94.6 Å². The van der Waals surface area contributed by atoms with Crippen LogP contribution in [-0.4, -0.2) is 42.3 Å². The molecule has 0 radical (unpaired) electrons. The average molecular weight is 388 g/mol. The normalized spacial score (nSPS) is 10.2. The quantitative estimate of drug-likeness (QED) is 0.574. The van der Waals surface area contributed by atoms with Crippen LogP contribution in [0, 0.1) is 0 Å². The minimum Gasteiger partial charge on any atom is -0.462 e. The van der Waals surface area contributed by atoms with Crippen molar-refractivity contribution in [2.24, 2.45) is 0 Å². The summed E-state index contributed by atoms with van der Waals surface area (Å²) in [6.07, 6.45) is 3.42. The third-order valence-corrected chi connectivity index (χ3v) is 4.13. The van der Waals surface area contributed by atoms with Gasteiger partial charge in [-0.15, -0.1) is 11.8 Å². The van der Waals surface area contributed by atoms with Crippen LogP contribution in [0.5, 0.6) is 0 Å². The Morgan fingerprint density at radius 2 is 1.63 bits per heavy atom. The van der Waals surface area contributed by atoms with Crippen molar-refractivity contribution in [3.05, 3.63) is 53.2 Å². The highest BCUT2D eigenvalue weighted by Gasteiger charge is 2.17. The Balaban J connectivity index is 2.37. The van der Waals surface area contributed by atoms with Gasteiger partial charge in [-0.1, -0.05) is 0 Å². The lowest BCUT2D eigenvalue weighted by Crippen LogP contribution is -2.16. The van der Waals surface area contributed by atoms with Crippen LogP contribution in [0.25, 0.3) is 0 Å². The molecule has 0 aliphatic rings. The average Bonchev–Trinajstić information content (AvgIpc) is 2.68. The number of ether oxygens (including phenoxy) is 2. The van der Waals surface area contributed by atoms with Gasteiger partial charge in [0.1, 0.15) is 5.03 Å². The number of hydrogen-bond acceptors (Lipinski definition) is 7. The van der Waals surface area contributed by atoms with Gasteiger partial charge in [0.2, 0.25) is 0 Å². The van der Waals surface area contributed by atoms with Crippen molar-refractivity contribution >= 4 is 35.3 Å². The number of hydrogen-bond donors (Lipinski definition) is 1. The van der Waals surface area contributed by atoms with Gasteiger partial charge in [-0.05, 0) is 50.4 Å². The van der Waals surface area contributed by atoms with Gasteiger partial charge in [0.25, 0.3) is 5.91 Å². The van der Waals surface area contributed by atoms with E-state index in [0.29, 0.717) is 10.6 Å². The summed E-state index contributed by atoms with van der Waals surface area (Å²) in [5.41, 5.74) is 0.969. The maximum Gasteiger partial charge on any atom is 0.338 e. The van der Waals surface area contributed by atoms with Crippen LogP contribution in [0.3, 0.4) is 0 Å². The van der Waals surface area contributed by atoms with Crippen LogP contribution in [0.1, 0.15) is 44.9 Å². The Bertz CT molecular complexity index is 817. The second-order valence-corrected chi connectivity index (χ2v) is 6.05. The van der Waals surface area contributed by atoms with Crippen LogP contribution in [0.2, 0.25) is 0 Å². The number of pyridine rings is 1. The molecule has 1 aromatic heterocycles. The molecule has 8 heteroatoms. The SMILES string of the molecule is CCOC(=O)c1cc(NC(=O)c2cccnc2SC)cc(C(=O)OCC)c1. The molecule has 7 nitrogen and oxygen atoms in total. The fraction of sp³-hybridized carbons (Fsp3) is 0.263. The molecule has 0 spiro atoms. The maximum atomic E-state index is 12.6. The first-order valence-corrected chi connectivity index (χ1v) is 9.52. The highest BCUT2D eigenvalue weighted by Crippen LogP contribution is 2.21. The minimum atomic E-state index is -0.592. The van der Waals surface area contributed by atoms with Gasteiger partial charge < -0.3 is 14.8 Å². The molecule has 2 rings (SSSR count). The number of nitrogens with zero attached hydrogens (tertiary/aromatic N) is 1. The summed E-state index contributed by atoms with van der Waals surface area (Å²) in [6.45, 7) is 3.75. The molecule has 1 heterocycles. The van der Waals surface area contributed by atoms with Gasteiger partial charge in [-0.2, -0.15) is 0 Å². The highest BCUT2D eigenvalue weighted by atomic mass is 32.2. The first-order chi connectivity index (χ1) is 13.0. The summed E-state index contributed by atoms with van der Waals surface area (Å²) in [7, 11) is 0. The Morgan fingerprint density at radius 3 is 2.15 bits per heavy atom. The minimum absolute atomic E-state index is 0.147. The number of rotatable bonds is 7. The summed E-state index contributed by atoms with van der Waals surface area (Å²) < 4.78 is 9.97. The van der Waals surface area contributed by atoms with E-state index in [1.165, 1.54) is 30.0 Å². The molecule has 1 N–H and O–H groups in total. The number of amides is 1. The van der Waals surface area contributed by atoms with E-state index in [2.05, 4.69) is 10.3 Å². The number of benzene rings is 1. The maximum absolute atomic E-state index is 12.6. The van der Waals surface area contributed by atoms with E-state index in [-0.39, 0.29) is 30.0 Å². The van der Waals surface area contributed by atoms with E-state index in [9.17, 15) is 14.4 Å². The van der Waals surface area contributed by atoms with Crippen LogP contribution in [0.4, 0.5) is 5.69 Å². The van der Waals surface area contributed by atoms with Crippen molar-refractivity contribution < 1.29 is 23.9 Å². The molecule has 0 aliphatic carbocycles. The molecule has 0 unspecified atom stereocenters. The van der Waals surface area contributed by atoms with Gasteiger partial charge in [0.15, 0.2) is 0 Å². The molecule has 0 saturated carbocycles. The highest BCUT2D eigenvalue weighted by molar-refractivity contribution is 7.98. The zero-order chi connectivity index (χ0) is 19.8. The second kappa shape index (κ2) is 9.72. The molecule has 0 bridgehead atoms. The van der Waals surface area contributed by atoms with E-state index in [0.717, 1.165) is 0 Å². The fourth-order valence-electron chi connectivity index (χ4n) is 2.29. The van der Waals surface area contributed by atoms with Crippen LogP contribution >= 0.6 is 11.8 Å². The zero-order valence-electron chi connectivity index (χ0n) is 15.3. The molecule has 27 heavy (non-hydrogen) atoms. The van der Waals surface area contributed by atoms with Gasteiger partial charge in [-0.25, -0.2) is 14.6 Å². The van der Waals surface area contributed by atoms with Crippen LogP contribution < -0.4 is 5.32 Å². The molecular formula is C19H20N2O5S. The largest absolute Gasteiger partial charge is 0.462 e. The predicted molar refractivity (Wildman–Crippen MR) is 102 cm³/mol. The van der Waals surface area contributed by atoms with Gasteiger partial charge in [-0.3, -0.25) is 4.79 Å². The second-order valence-electron chi connectivity index (χ2n) is 5.25. The van der Waals surface area contributed by atoms with Crippen LogP contribution in [0.15, 0.2) is 41.6 Å². The van der Waals surface area contributed by atoms with E-state index < -0.39 is 17.8 Å². The molecule has 1 aromatic carbocycles. The summed E-state index contributed by atoms with van der Waals surface area (Å²) in [5, 5.41) is 3.27. The third-order valence-electron chi connectivity index (χ3n) is 3.42. The molecular weight excluding hydrogens is 368 g/mol. The van der Waals surface area contributed by atoms with Gasteiger partial charge in [0.05, 0.1) is 29.9 Å². The number of esters is 2. The Kier molecular flexibility index (Phi) is 7.36. The first kappa shape index (κ1) is 20.4. The molecule has 1 amide bonds. The molecule has 0 fully saturated rings. The number of carbonyl (C=O) groups excluding carboxylic acids is 3. The number of thioether (sulfide) groups is 1. The van der Waals surface area contributed by atoms with E-state index >= 15 is 0 Å². The smallest absolute Gasteiger partial charge is 0.338 e. The number of aromatic nitrogens is 1. The van der Waals surface area contributed by atoms with Crippen molar-refractivity contribution in [2.45, 2.75) is 18.9 Å². The van der Waals surface area contributed by atoms with Crippen molar-refractivity contribution in [3.63, 3.8) is 0 Å². The summed E-state index contributed by atoms with van der Waals surface area (Å²) in [6, 6.07) is 7.59. The Morgan fingerprint density at radius 1 is 1.04 bits per heavy atom. The Labute approximate surface area is 161 Å². The zero-order valence-corrected chi connectivity index (χ0v) is 16.1.